The molecular weight excluding hydrogens is 602 g/mol. The number of halogens is 4. The SMILES string of the molecule is Cc1ncoc1-c1nnc(SCCCN2C[C@@H]3C[C@]3(c3ccc(C(F)(F)F)cc3F)C23OC(=O)C(O)C(O)C(=O)O3)n1C. The third kappa shape index (κ3) is 4.60. The number of carbonyl (C=O) groups excluding carboxylic acids is 2. The van der Waals surface area contributed by atoms with Gasteiger partial charge in [-0.1, -0.05) is 17.8 Å². The summed E-state index contributed by atoms with van der Waals surface area (Å²) in [7, 11) is 1.76. The Kier molecular flexibility index (Phi) is 7.06. The van der Waals surface area contributed by atoms with E-state index in [1.807, 2.05) is 0 Å². The number of hydrogen-bond donors (Lipinski definition) is 2. The molecule has 0 amide bonds. The summed E-state index contributed by atoms with van der Waals surface area (Å²) in [6, 6.07) is 1.99. The van der Waals surface area contributed by atoms with E-state index in [9.17, 15) is 33.0 Å². The van der Waals surface area contributed by atoms with E-state index in [1.165, 1.54) is 23.1 Å². The van der Waals surface area contributed by atoms with E-state index in [1.54, 1.807) is 18.5 Å². The molecule has 6 rings (SSSR count). The Morgan fingerprint density at radius 2 is 1.84 bits per heavy atom. The van der Waals surface area contributed by atoms with Crippen LogP contribution in [0.4, 0.5) is 17.6 Å². The fraction of sp³-hybridized carbons (Fsp3) is 0.500. The van der Waals surface area contributed by atoms with Gasteiger partial charge in [-0.3, -0.25) is 0 Å². The van der Waals surface area contributed by atoms with Crippen molar-refractivity contribution in [3.63, 3.8) is 0 Å². The van der Waals surface area contributed by atoms with Crippen LogP contribution in [-0.2, 0) is 37.7 Å². The summed E-state index contributed by atoms with van der Waals surface area (Å²) in [5.74, 6) is -5.35. The second-order valence-corrected chi connectivity index (χ2v) is 11.7. The number of rotatable bonds is 7. The van der Waals surface area contributed by atoms with Gasteiger partial charge in [0.05, 0.1) is 16.7 Å². The second-order valence-electron chi connectivity index (χ2n) is 10.7. The van der Waals surface area contributed by atoms with Crippen LogP contribution in [0.1, 0.15) is 29.7 Å². The van der Waals surface area contributed by atoms with Crippen molar-refractivity contribution in [2.75, 3.05) is 18.8 Å². The zero-order chi connectivity index (χ0) is 30.9. The molecule has 3 aromatic rings. The third-order valence-electron chi connectivity index (χ3n) is 8.15. The minimum absolute atomic E-state index is 0.121. The maximum Gasteiger partial charge on any atom is 0.416 e. The quantitative estimate of drug-likeness (QED) is 0.171. The van der Waals surface area contributed by atoms with E-state index in [4.69, 9.17) is 13.9 Å². The van der Waals surface area contributed by atoms with Crippen LogP contribution in [0, 0.1) is 18.7 Å². The molecule has 0 radical (unpaired) electrons. The number of alkyl halides is 3. The number of oxazole rings is 1. The third-order valence-corrected chi connectivity index (χ3v) is 9.26. The fourth-order valence-corrected chi connectivity index (χ4v) is 6.79. The molecule has 2 N–H and O–H groups in total. The Hall–Kier alpha value is -3.54. The highest BCUT2D eigenvalue weighted by Gasteiger charge is 2.81. The van der Waals surface area contributed by atoms with Crippen molar-refractivity contribution in [2.24, 2.45) is 13.0 Å². The molecule has 43 heavy (non-hydrogen) atoms. The van der Waals surface area contributed by atoms with Gasteiger partial charge in [0.15, 0.2) is 29.5 Å². The lowest BCUT2D eigenvalue weighted by atomic mass is 9.89. The fourth-order valence-electron chi connectivity index (χ4n) is 5.95. The zero-order valence-electron chi connectivity index (χ0n) is 22.7. The largest absolute Gasteiger partial charge is 0.440 e. The van der Waals surface area contributed by atoms with Gasteiger partial charge in [0.1, 0.15) is 5.82 Å². The first-order valence-corrected chi connectivity index (χ1v) is 14.2. The van der Waals surface area contributed by atoms with E-state index >= 15 is 4.39 Å². The van der Waals surface area contributed by atoms with E-state index in [-0.39, 0.29) is 25.1 Å². The number of piperidine rings is 1. The van der Waals surface area contributed by atoms with Crippen LogP contribution in [0.5, 0.6) is 0 Å². The lowest BCUT2D eigenvalue weighted by molar-refractivity contribution is -0.290. The second kappa shape index (κ2) is 10.3. The van der Waals surface area contributed by atoms with Gasteiger partial charge in [-0.25, -0.2) is 23.9 Å². The average molecular weight is 628 g/mol. The van der Waals surface area contributed by atoms with Gasteiger partial charge >= 0.3 is 24.0 Å². The monoisotopic (exact) mass is 627 g/mol. The predicted octanol–water partition coefficient (Wildman–Crippen LogP) is 2.17. The number of ether oxygens (including phenoxy) is 2. The normalized spacial score (nSPS) is 29.0. The molecule has 4 heterocycles. The minimum atomic E-state index is -4.80. The first-order valence-electron chi connectivity index (χ1n) is 13.2. The summed E-state index contributed by atoms with van der Waals surface area (Å²) >= 11 is 1.35. The van der Waals surface area contributed by atoms with Gasteiger partial charge in [-0.15, -0.1) is 10.2 Å². The van der Waals surface area contributed by atoms with E-state index in [0.29, 0.717) is 46.7 Å². The van der Waals surface area contributed by atoms with Crippen molar-refractivity contribution in [3.8, 4) is 11.6 Å². The van der Waals surface area contributed by atoms with Crippen LogP contribution >= 0.6 is 11.8 Å². The van der Waals surface area contributed by atoms with E-state index in [2.05, 4.69) is 15.2 Å². The Bertz CT molecular complexity index is 1570. The van der Waals surface area contributed by atoms with Crippen molar-refractivity contribution in [1.29, 1.82) is 0 Å². The van der Waals surface area contributed by atoms with Gasteiger partial charge in [0, 0.05) is 31.5 Å². The molecule has 1 saturated carbocycles. The number of thioether (sulfide) groups is 1. The molecule has 2 aromatic heterocycles. The molecule has 2 saturated heterocycles. The highest BCUT2D eigenvalue weighted by Crippen LogP contribution is 2.69. The summed E-state index contributed by atoms with van der Waals surface area (Å²) in [5, 5.41) is 29.2. The smallest absolute Gasteiger partial charge is 0.416 e. The molecule has 1 spiro atoms. The number of aliphatic hydroxyl groups excluding tert-OH is 2. The maximum absolute atomic E-state index is 15.4. The molecule has 17 heteroatoms. The standard InChI is InChI=1S/C26H25F4N5O7S/c1-12-19(40-11-31-12)20-32-33-23(34(20)2)43-7-3-6-35-10-14-9-24(14,15-5-4-13(8-16(15)27)25(28,29)30)26(35)41-21(38)17(36)18(37)22(39)42-26/h4-5,8,11,14,17-18,36-37H,3,6-7,9-10H2,1-2H3/t14-,17?,18?,24-,26?/m0/s1. The van der Waals surface area contributed by atoms with Crippen molar-refractivity contribution >= 4 is 23.7 Å². The number of aryl methyl sites for hydroxylation is 1. The maximum atomic E-state index is 15.4. The first kappa shape index (κ1) is 29.5. The van der Waals surface area contributed by atoms with Crippen molar-refractivity contribution in [2.45, 2.75) is 54.6 Å². The van der Waals surface area contributed by atoms with E-state index < -0.39 is 58.9 Å². The van der Waals surface area contributed by atoms with E-state index in [0.717, 1.165) is 6.07 Å². The van der Waals surface area contributed by atoms with Crippen molar-refractivity contribution < 1.29 is 51.3 Å². The number of hydrogen-bond acceptors (Lipinski definition) is 12. The lowest BCUT2D eigenvalue weighted by Crippen LogP contribution is -2.59. The van der Waals surface area contributed by atoms with Crippen LogP contribution in [0.3, 0.4) is 0 Å². The summed E-state index contributed by atoms with van der Waals surface area (Å²) in [4.78, 5) is 31.1. The Morgan fingerprint density at radius 3 is 2.44 bits per heavy atom. The molecular formula is C26H25F4N5O7S. The molecule has 4 atom stereocenters. The van der Waals surface area contributed by atoms with Crippen LogP contribution in [0.25, 0.3) is 11.6 Å². The lowest BCUT2D eigenvalue weighted by Gasteiger charge is -2.42. The van der Waals surface area contributed by atoms with Crippen LogP contribution in [0.2, 0.25) is 0 Å². The van der Waals surface area contributed by atoms with Crippen molar-refractivity contribution in [3.05, 3.63) is 47.2 Å². The van der Waals surface area contributed by atoms with Crippen LogP contribution < -0.4 is 0 Å². The van der Waals surface area contributed by atoms with Gasteiger partial charge in [-0.2, -0.15) is 13.2 Å². The Labute approximate surface area is 245 Å². The number of aromatic nitrogens is 4. The number of esters is 2. The van der Waals surface area contributed by atoms with Gasteiger partial charge in [0.25, 0.3) is 0 Å². The first-order chi connectivity index (χ1) is 20.3. The van der Waals surface area contributed by atoms with Gasteiger partial charge in [0.2, 0.25) is 5.82 Å². The molecule has 230 valence electrons. The molecule has 3 fully saturated rings. The predicted molar refractivity (Wildman–Crippen MR) is 136 cm³/mol. The van der Waals surface area contributed by atoms with Crippen LogP contribution in [0.15, 0.2) is 34.2 Å². The number of fused-ring (bicyclic) bond motifs is 2. The average Bonchev–Trinajstić information content (AvgIpc) is 3.22. The number of likely N-dealkylation sites (tertiary alicyclic amines) is 1. The number of aliphatic hydroxyl groups is 2. The zero-order valence-corrected chi connectivity index (χ0v) is 23.5. The highest BCUT2D eigenvalue weighted by atomic mass is 32.2. The number of benzene rings is 1. The van der Waals surface area contributed by atoms with Gasteiger partial charge in [-0.05, 0) is 37.8 Å². The number of nitrogens with zero attached hydrogens (tertiary/aromatic N) is 5. The Morgan fingerprint density at radius 1 is 1.14 bits per heavy atom. The minimum Gasteiger partial charge on any atom is -0.440 e. The van der Waals surface area contributed by atoms with Crippen molar-refractivity contribution in [1.82, 2.24) is 24.6 Å². The Balaban J connectivity index is 1.26. The highest BCUT2D eigenvalue weighted by molar-refractivity contribution is 7.99. The topological polar surface area (TPSA) is 153 Å². The molecule has 2 aliphatic heterocycles. The molecule has 3 aliphatic rings. The van der Waals surface area contributed by atoms with Crippen LogP contribution in [-0.4, -0.2) is 83.8 Å². The molecule has 2 unspecified atom stereocenters. The summed E-state index contributed by atoms with van der Waals surface area (Å²) in [6.45, 7) is 2.04. The summed E-state index contributed by atoms with van der Waals surface area (Å²) in [5.41, 5.74) is -2.36. The molecule has 0 bridgehead atoms. The molecule has 1 aromatic carbocycles. The summed E-state index contributed by atoms with van der Waals surface area (Å²) in [6.07, 6.45) is -7.52. The van der Waals surface area contributed by atoms with Gasteiger partial charge < -0.3 is 28.7 Å². The number of carbonyl (C=O) groups is 2. The summed E-state index contributed by atoms with van der Waals surface area (Å²) < 4.78 is 73.4. The molecule has 1 aliphatic carbocycles. The molecule has 12 nitrogen and oxygen atoms in total.